The van der Waals surface area contributed by atoms with Crippen LogP contribution in [-0.4, -0.2) is 8.07 Å². The molecule has 0 aliphatic carbocycles. The zero-order chi connectivity index (χ0) is 40.6. The quantitative estimate of drug-likeness (QED) is 0.104. The van der Waals surface area contributed by atoms with E-state index in [9.17, 15) is 0 Å². The minimum absolute atomic E-state index is 1.11. The third-order valence-corrected chi connectivity index (χ3v) is 18.2. The van der Waals surface area contributed by atoms with Crippen LogP contribution in [-0.2, 0) is 0 Å². The van der Waals surface area contributed by atoms with Gasteiger partial charge in [0, 0.05) is 31.5 Å². The SMILES string of the molecule is c1ccc(-c2ccc(N(c3cccc(-c4cccc([Si](c5ccccc5)(c5ccccc5)c5ccccc5)c4)c3)c3cccc4sc5c6ccccc6ccc5c34)cc2)cc1. The van der Waals surface area contributed by atoms with E-state index >= 15 is 0 Å². The number of hydrogen-bond acceptors (Lipinski definition) is 2. The Kier molecular flexibility index (Phi) is 9.46. The summed E-state index contributed by atoms with van der Waals surface area (Å²) in [7, 11) is -2.72. The van der Waals surface area contributed by atoms with E-state index in [2.05, 4.69) is 254 Å². The Morgan fingerprint density at radius 2 is 0.852 bits per heavy atom. The predicted molar refractivity (Wildman–Crippen MR) is 266 cm³/mol. The van der Waals surface area contributed by atoms with Crippen molar-refractivity contribution in [1.82, 2.24) is 0 Å². The normalized spacial score (nSPS) is 11.6. The van der Waals surface area contributed by atoms with Gasteiger partial charge < -0.3 is 4.90 Å². The summed E-state index contributed by atoms with van der Waals surface area (Å²) in [5, 5.41) is 10.6. The molecule has 288 valence electrons. The maximum atomic E-state index is 2.47. The fraction of sp³-hybridized carbons (Fsp3) is 0. The molecule has 0 bridgehead atoms. The van der Waals surface area contributed by atoms with Gasteiger partial charge in [0.1, 0.15) is 0 Å². The molecule has 0 unspecified atom stereocenters. The molecule has 0 amide bonds. The van der Waals surface area contributed by atoms with Crippen LogP contribution in [0.1, 0.15) is 0 Å². The topological polar surface area (TPSA) is 3.24 Å². The number of benzene rings is 10. The highest BCUT2D eigenvalue weighted by atomic mass is 32.1. The third-order valence-electron chi connectivity index (χ3n) is 12.2. The van der Waals surface area contributed by atoms with Gasteiger partial charge in [0.2, 0.25) is 0 Å². The first-order valence-electron chi connectivity index (χ1n) is 20.9. The summed E-state index contributed by atoms with van der Waals surface area (Å²) in [6.45, 7) is 0. The van der Waals surface area contributed by atoms with E-state index < -0.39 is 8.07 Å². The predicted octanol–water partition coefficient (Wildman–Crippen LogP) is 13.4. The van der Waals surface area contributed by atoms with Gasteiger partial charge in [-0.15, -0.1) is 11.3 Å². The van der Waals surface area contributed by atoms with Crippen LogP contribution in [0, 0.1) is 0 Å². The monoisotopic (exact) mass is 811 g/mol. The Balaban J connectivity index is 1.10. The van der Waals surface area contributed by atoms with Gasteiger partial charge in [-0.1, -0.05) is 212 Å². The summed E-state index contributed by atoms with van der Waals surface area (Å²) in [5.74, 6) is 0. The lowest BCUT2D eigenvalue weighted by Crippen LogP contribution is -2.74. The molecule has 0 saturated heterocycles. The molecule has 3 heteroatoms. The highest BCUT2D eigenvalue weighted by Crippen LogP contribution is 2.47. The van der Waals surface area contributed by atoms with Crippen molar-refractivity contribution in [3.63, 3.8) is 0 Å². The summed E-state index contributed by atoms with van der Waals surface area (Å²) in [4.78, 5) is 2.46. The second kappa shape index (κ2) is 15.7. The maximum Gasteiger partial charge on any atom is 0.179 e. The molecule has 0 aliphatic rings. The van der Waals surface area contributed by atoms with Crippen molar-refractivity contribution in [3.8, 4) is 22.3 Å². The first-order chi connectivity index (χ1) is 30.3. The summed E-state index contributed by atoms with van der Waals surface area (Å²) in [6, 6.07) is 91.9. The molecule has 0 N–H and O–H groups in total. The van der Waals surface area contributed by atoms with Crippen LogP contribution in [0.4, 0.5) is 17.1 Å². The smallest absolute Gasteiger partial charge is 0.179 e. The molecule has 11 aromatic rings. The lowest BCUT2D eigenvalue weighted by atomic mass is 10.0. The molecule has 0 fully saturated rings. The van der Waals surface area contributed by atoms with Crippen molar-refractivity contribution in [1.29, 1.82) is 0 Å². The lowest BCUT2D eigenvalue weighted by molar-refractivity contribution is 1.30. The Hall–Kier alpha value is -7.30. The van der Waals surface area contributed by atoms with Crippen molar-refractivity contribution < 1.29 is 0 Å². The number of fused-ring (bicyclic) bond motifs is 5. The molecule has 1 nitrogen and oxygen atoms in total. The first kappa shape index (κ1) is 36.8. The maximum absolute atomic E-state index is 2.72. The van der Waals surface area contributed by atoms with Crippen LogP contribution in [0.3, 0.4) is 0 Å². The first-order valence-corrected chi connectivity index (χ1v) is 23.7. The molecule has 11 rings (SSSR count). The fourth-order valence-corrected chi connectivity index (χ4v) is 15.5. The van der Waals surface area contributed by atoms with Gasteiger partial charge in [-0.05, 0) is 90.2 Å². The van der Waals surface area contributed by atoms with Gasteiger partial charge >= 0.3 is 0 Å². The molecular weight excluding hydrogens is 771 g/mol. The van der Waals surface area contributed by atoms with Crippen molar-refractivity contribution in [2.75, 3.05) is 4.90 Å². The molecule has 0 saturated carbocycles. The van der Waals surface area contributed by atoms with Crippen LogP contribution in [0.2, 0.25) is 0 Å². The van der Waals surface area contributed by atoms with Crippen LogP contribution in [0.15, 0.2) is 249 Å². The average molecular weight is 812 g/mol. The van der Waals surface area contributed by atoms with E-state index in [0.717, 1.165) is 11.4 Å². The zero-order valence-electron chi connectivity index (χ0n) is 33.5. The number of nitrogens with zero attached hydrogens (tertiary/aromatic N) is 1. The minimum Gasteiger partial charge on any atom is -0.310 e. The van der Waals surface area contributed by atoms with E-state index in [1.165, 1.54) is 79.6 Å². The van der Waals surface area contributed by atoms with Crippen LogP contribution in [0.5, 0.6) is 0 Å². The summed E-state index contributed by atoms with van der Waals surface area (Å²) < 4.78 is 2.61. The summed E-state index contributed by atoms with van der Waals surface area (Å²) in [5.41, 5.74) is 8.17. The number of hydrogen-bond donors (Lipinski definition) is 0. The second-order valence-corrected chi connectivity index (χ2v) is 20.5. The van der Waals surface area contributed by atoms with Gasteiger partial charge in [0.15, 0.2) is 8.07 Å². The summed E-state index contributed by atoms with van der Waals surface area (Å²) in [6.07, 6.45) is 0. The van der Waals surface area contributed by atoms with Crippen LogP contribution < -0.4 is 25.6 Å². The molecule has 10 aromatic carbocycles. The van der Waals surface area contributed by atoms with E-state index in [-0.39, 0.29) is 0 Å². The number of anilines is 3. The minimum atomic E-state index is -2.72. The van der Waals surface area contributed by atoms with Crippen molar-refractivity contribution in [2.45, 2.75) is 0 Å². The molecule has 1 heterocycles. The summed E-state index contributed by atoms with van der Waals surface area (Å²) >= 11 is 1.89. The van der Waals surface area contributed by atoms with Crippen LogP contribution >= 0.6 is 11.3 Å². The average Bonchev–Trinajstić information content (AvgIpc) is 3.74. The molecule has 1 aromatic heterocycles. The van der Waals surface area contributed by atoms with E-state index in [4.69, 9.17) is 0 Å². The van der Waals surface area contributed by atoms with Crippen molar-refractivity contribution in [2.24, 2.45) is 0 Å². The largest absolute Gasteiger partial charge is 0.310 e. The van der Waals surface area contributed by atoms with E-state index in [1.54, 1.807) is 0 Å². The molecular formula is C58H41NSSi. The Morgan fingerprint density at radius 3 is 1.52 bits per heavy atom. The Bertz CT molecular complexity index is 3190. The van der Waals surface area contributed by atoms with Gasteiger partial charge in [0.25, 0.3) is 0 Å². The van der Waals surface area contributed by atoms with Gasteiger partial charge in [-0.25, -0.2) is 0 Å². The van der Waals surface area contributed by atoms with Crippen molar-refractivity contribution in [3.05, 3.63) is 249 Å². The Morgan fingerprint density at radius 1 is 0.328 bits per heavy atom. The van der Waals surface area contributed by atoms with Gasteiger partial charge in [-0.3, -0.25) is 0 Å². The number of rotatable bonds is 9. The van der Waals surface area contributed by atoms with Crippen molar-refractivity contribution >= 4 is 88.2 Å². The highest BCUT2D eigenvalue weighted by molar-refractivity contribution is 7.26. The standard InChI is InChI=1S/C58H41NSSi/c1-5-18-42(19-6-1)43-34-37-47(38-35-43)59(55-32-17-33-56-57(55)54-39-36-44-20-13-14-31-53(44)58(54)60-56)48-23-15-21-45(40-48)46-22-16-30-52(41-46)61(49-24-7-2-8-25-49,50-26-9-3-10-27-50)51-28-11-4-12-29-51/h1-41H. The molecule has 0 atom stereocenters. The molecule has 0 aliphatic heterocycles. The zero-order valence-corrected chi connectivity index (χ0v) is 35.3. The number of thiophene rings is 1. The Labute approximate surface area is 362 Å². The van der Waals surface area contributed by atoms with E-state index in [0.29, 0.717) is 0 Å². The van der Waals surface area contributed by atoms with Gasteiger partial charge in [-0.2, -0.15) is 0 Å². The van der Waals surface area contributed by atoms with E-state index in [1.807, 2.05) is 11.3 Å². The lowest BCUT2D eigenvalue weighted by Gasteiger charge is -2.34. The fourth-order valence-electron chi connectivity index (χ4n) is 9.40. The molecule has 61 heavy (non-hydrogen) atoms. The second-order valence-electron chi connectivity index (χ2n) is 15.6. The van der Waals surface area contributed by atoms with Crippen LogP contribution in [0.25, 0.3) is 53.2 Å². The van der Waals surface area contributed by atoms with Gasteiger partial charge in [0.05, 0.1) is 5.69 Å². The highest BCUT2D eigenvalue weighted by Gasteiger charge is 2.41. The molecule has 0 spiro atoms. The molecule has 0 radical (unpaired) electrons. The third kappa shape index (κ3) is 6.47.